The van der Waals surface area contributed by atoms with Crippen LogP contribution < -0.4 is 0 Å². The first-order valence-corrected chi connectivity index (χ1v) is 4.38. The van der Waals surface area contributed by atoms with Gasteiger partial charge in [0.1, 0.15) is 0 Å². The number of nitrogens with zero attached hydrogens (tertiary/aromatic N) is 2. The Morgan fingerprint density at radius 1 is 1.18 bits per heavy atom. The Balaban J connectivity index is 2.29. The number of hydrogen-bond donors (Lipinski definition) is 0. The van der Waals surface area contributed by atoms with Gasteiger partial charge in [-0.15, -0.1) is 0 Å². The van der Waals surface area contributed by atoms with E-state index in [9.17, 15) is 0 Å². The Bertz CT molecular complexity index is 126. The van der Waals surface area contributed by atoms with Crippen LogP contribution in [0.5, 0.6) is 0 Å². The normalized spacial score (nSPS) is 22.9. The Morgan fingerprint density at radius 2 is 1.82 bits per heavy atom. The lowest BCUT2D eigenvalue weighted by Gasteiger charge is -2.25. The molecule has 0 aromatic rings. The Kier molecular flexibility index (Phi) is 2.55. The van der Waals surface area contributed by atoms with Gasteiger partial charge in [0.2, 0.25) is 0 Å². The third kappa shape index (κ3) is 3.21. The fourth-order valence-electron chi connectivity index (χ4n) is 1.59. The molecule has 1 saturated heterocycles. The van der Waals surface area contributed by atoms with Crippen molar-refractivity contribution < 1.29 is 0 Å². The van der Waals surface area contributed by atoms with Crippen LogP contribution in [0.1, 0.15) is 20.8 Å². The maximum absolute atomic E-state index is 2.51. The van der Waals surface area contributed by atoms with Crippen molar-refractivity contribution in [1.29, 1.82) is 0 Å². The van der Waals surface area contributed by atoms with Crippen LogP contribution in [-0.4, -0.2) is 43.2 Å². The number of rotatable bonds is 1. The van der Waals surface area contributed by atoms with Crippen LogP contribution in [0.3, 0.4) is 0 Å². The molecule has 1 rings (SSSR count). The SMILES string of the molecule is CN1CCN(CC(C)(C)C)C1. The highest BCUT2D eigenvalue weighted by Crippen LogP contribution is 2.16. The van der Waals surface area contributed by atoms with Gasteiger partial charge < -0.3 is 0 Å². The molecule has 2 nitrogen and oxygen atoms in total. The molecule has 0 N–H and O–H groups in total. The lowest BCUT2D eigenvalue weighted by atomic mass is 9.96. The molecule has 0 bridgehead atoms. The first-order valence-electron chi connectivity index (χ1n) is 4.38. The second-order valence-electron chi connectivity index (χ2n) is 4.83. The molecule has 1 fully saturated rings. The minimum atomic E-state index is 0.450. The van der Waals surface area contributed by atoms with Gasteiger partial charge in [0.15, 0.2) is 0 Å². The van der Waals surface area contributed by atoms with Crippen LogP contribution in [0, 0.1) is 5.41 Å². The second-order valence-corrected chi connectivity index (χ2v) is 4.83. The molecule has 0 aliphatic carbocycles. The van der Waals surface area contributed by atoms with E-state index in [-0.39, 0.29) is 0 Å². The van der Waals surface area contributed by atoms with Gasteiger partial charge in [-0.3, -0.25) is 9.80 Å². The van der Waals surface area contributed by atoms with Gasteiger partial charge in [-0.1, -0.05) is 20.8 Å². The molecule has 0 unspecified atom stereocenters. The van der Waals surface area contributed by atoms with E-state index in [2.05, 4.69) is 37.6 Å². The summed E-state index contributed by atoms with van der Waals surface area (Å²) in [6.07, 6.45) is 0. The molecular formula is C9H20N2. The zero-order chi connectivity index (χ0) is 8.48. The fraction of sp³-hybridized carbons (Fsp3) is 1.00. The standard InChI is InChI=1S/C9H20N2/c1-9(2,3)7-11-6-5-10(4)8-11/h5-8H2,1-4H3. The molecule has 1 aliphatic heterocycles. The van der Waals surface area contributed by atoms with Crippen molar-refractivity contribution in [2.75, 3.05) is 33.4 Å². The van der Waals surface area contributed by atoms with E-state index in [1.54, 1.807) is 0 Å². The summed E-state index contributed by atoms with van der Waals surface area (Å²) in [5, 5.41) is 0. The number of likely N-dealkylation sites (N-methyl/N-ethyl adjacent to an activating group) is 1. The van der Waals surface area contributed by atoms with Crippen molar-refractivity contribution in [3.05, 3.63) is 0 Å². The molecule has 0 spiro atoms. The lowest BCUT2D eigenvalue weighted by molar-refractivity contribution is 0.200. The number of hydrogen-bond acceptors (Lipinski definition) is 2. The van der Waals surface area contributed by atoms with E-state index in [0.717, 1.165) is 6.67 Å². The van der Waals surface area contributed by atoms with E-state index in [1.807, 2.05) is 0 Å². The highest BCUT2D eigenvalue weighted by molar-refractivity contribution is 4.73. The minimum absolute atomic E-state index is 0.450. The highest BCUT2D eigenvalue weighted by atomic mass is 15.4. The van der Waals surface area contributed by atoms with E-state index >= 15 is 0 Å². The zero-order valence-electron chi connectivity index (χ0n) is 8.22. The van der Waals surface area contributed by atoms with Crippen LogP contribution in [0.4, 0.5) is 0 Å². The molecule has 2 heteroatoms. The van der Waals surface area contributed by atoms with E-state index in [0.29, 0.717) is 5.41 Å². The third-order valence-corrected chi connectivity index (χ3v) is 1.94. The van der Waals surface area contributed by atoms with Gasteiger partial charge in [0, 0.05) is 19.6 Å². The summed E-state index contributed by atoms with van der Waals surface area (Å²) < 4.78 is 0. The highest BCUT2D eigenvalue weighted by Gasteiger charge is 2.21. The van der Waals surface area contributed by atoms with Gasteiger partial charge in [0.05, 0.1) is 6.67 Å². The molecule has 1 heterocycles. The Labute approximate surface area is 70.2 Å². The van der Waals surface area contributed by atoms with E-state index < -0.39 is 0 Å². The molecular weight excluding hydrogens is 136 g/mol. The van der Waals surface area contributed by atoms with Crippen molar-refractivity contribution >= 4 is 0 Å². The molecule has 0 radical (unpaired) electrons. The predicted molar refractivity (Wildman–Crippen MR) is 48.5 cm³/mol. The Hall–Kier alpha value is -0.0800. The van der Waals surface area contributed by atoms with Crippen LogP contribution in [0.25, 0.3) is 0 Å². The van der Waals surface area contributed by atoms with Crippen molar-refractivity contribution in [2.24, 2.45) is 5.41 Å². The van der Waals surface area contributed by atoms with Crippen LogP contribution in [0.15, 0.2) is 0 Å². The van der Waals surface area contributed by atoms with Gasteiger partial charge >= 0.3 is 0 Å². The van der Waals surface area contributed by atoms with Gasteiger partial charge in [-0.25, -0.2) is 0 Å². The quantitative estimate of drug-likeness (QED) is 0.563. The molecule has 0 aromatic heterocycles. The van der Waals surface area contributed by atoms with Crippen molar-refractivity contribution in [3.8, 4) is 0 Å². The van der Waals surface area contributed by atoms with Crippen molar-refractivity contribution in [2.45, 2.75) is 20.8 Å². The largest absolute Gasteiger partial charge is 0.292 e. The fourth-order valence-corrected chi connectivity index (χ4v) is 1.59. The molecule has 1 aliphatic rings. The predicted octanol–water partition coefficient (Wildman–Crippen LogP) is 1.24. The summed E-state index contributed by atoms with van der Waals surface area (Å²) in [6.45, 7) is 11.7. The monoisotopic (exact) mass is 156 g/mol. The van der Waals surface area contributed by atoms with E-state index in [1.165, 1.54) is 19.6 Å². The molecule has 0 atom stereocenters. The van der Waals surface area contributed by atoms with Crippen molar-refractivity contribution in [1.82, 2.24) is 9.80 Å². The topological polar surface area (TPSA) is 6.48 Å². The maximum atomic E-state index is 2.51. The van der Waals surface area contributed by atoms with Crippen LogP contribution in [0.2, 0.25) is 0 Å². The molecule has 0 aromatic carbocycles. The Morgan fingerprint density at radius 3 is 2.18 bits per heavy atom. The second kappa shape index (κ2) is 3.11. The first kappa shape index (κ1) is 9.01. The first-order chi connectivity index (χ1) is 4.97. The molecule has 11 heavy (non-hydrogen) atoms. The van der Waals surface area contributed by atoms with Crippen LogP contribution in [-0.2, 0) is 0 Å². The zero-order valence-corrected chi connectivity index (χ0v) is 8.22. The summed E-state index contributed by atoms with van der Waals surface area (Å²) in [4.78, 5) is 4.88. The smallest absolute Gasteiger partial charge is 0.0504 e. The average molecular weight is 156 g/mol. The third-order valence-electron chi connectivity index (χ3n) is 1.94. The summed E-state index contributed by atoms with van der Waals surface area (Å²) in [5.41, 5.74) is 0.450. The summed E-state index contributed by atoms with van der Waals surface area (Å²) in [6, 6.07) is 0. The summed E-state index contributed by atoms with van der Waals surface area (Å²) in [5.74, 6) is 0. The molecule has 66 valence electrons. The van der Waals surface area contributed by atoms with Crippen molar-refractivity contribution in [3.63, 3.8) is 0 Å². The maximum Gasteiger partial charge on any atom is 0.0504 e. The molecule has 0 amide bonds. The van der Waals surface area contributed by atoms with Crippen LogP contribution >= 0.6 is 0 Å². The van der Waals surface area contributed by atoms with Gasteiger partial charge in [0.25, 0.3) is 0 Å². The summed E-state index contributed by atoms with van der Waals surface area (Å²) >= 11 is 0. The van der Waals surface area contributed by atoms with Gasteiger partial charge in [-0.05, 0) is 12.5 Å². The minimum Gasteiger partial charge on any atom is -0.292 e. The molecule has 0 saturated carbocycles. The lowest BCUT2D eigenvalue weighted by Crippen LogP contribution is -2.31. The average Bonchev–Trinajstić information content (AvgIpc) is 2.10. The van der Waals surface area contributed by atoms with E-state index in [4.69, 9.17) is 0 Å². The summed E-state index contributed by atoms with van der Waals surface area (Å²) in [7, 11) is 2.18. The van der Waals surface area contributed by atoms with Gasteiger partial charge in [-0.2, -0.15) is 0 Å².